The van der Waals surface area contributed by atoms with Crippen LogP contribution in [0.25, 0.3) is 11.3 Å². The number of aryl methyl sites for hydroxylation is 2. The largest absolute Gasteiger partial charge is 0.383 e. The second-order valence-corrected chi connectivity index (χ2v) is 4.89. The van der Waals surface area contributed by atoms with E-state index < -0.39 is 0 Å². The summed E-state index contributed by atoms with van der Waals surface area (Å²) in [5, 5.41) is 4.33. The van der Waals surface area contributed by atoms with Crippen LogP contribution in [-0.4, -0.2) is 19.3 Å². The fourth-order valence-corrected chi connectivity index (χ4v) is 2.34. The van der Waals surface area contributed by atoms with E-state index in [1.54, 1.807) is 11.0 Å². The van der Waals surface area contributed by atoms with Gasteiger partial charge in [0.2, 0.25) is 0 Å². The number of hydrogen-bond acceptors (Lipinski definition) is 3. The molecule has 0 atom stereocenters. The van der Waals surface area contributed by atoms with Gasteiger partial charge in [0.05, 0.1) is 18.6 Å². The maximum Gasteiger partial charge on any atom is 0.131 e. The summed E-state index contributed by atoms with van der Waals surface area (Å²) < 4.78 is 3.73. The molecule has 1 aromatic carbocycles. The van der Waals surface area contributed by atoms with Crippen molar-refractivity contribution in [3.05, 3.63) is 54.1 Å². The minimum Gasteiger partial charge on any atom is -0.383 e. The summed E-state index contributed by atoms with van der Waals surface area (Å²) in [6.07, 6.45) is 3.73. The van der Waals surface area contributed by atoms with Crippen molar-refractivity contribution in [1.29, 1.82) is 0 Å². The predicted octanol–water partition coefficient (Wildman–Crippen LogP) is 2.22. The minimum absolute atomic E-state index is 0.671. The molecule has 3 rings (SSSR count). The lowest BCUT2D eigenvalue weighted by molar-refractivity contribution is 0.756. The van der Waals surface area contributed by atoms with Crippen molar-refractivity contribution < 1.29 is 0 Å². The first-order valence-electron chi connectivity index (χ1n) is 6.50. The molecular weight excluding hydrogens is 250 g/mol. The van der Waals surface area contributed by atoms with E-state index in [1.807, 2.05) is 42.9 Å². The molecule has 2 N–H and O–H groups in total. The van der Waals surface area contributed by atoms with Crippen molar-refractivity contribution in [2.75, 3.05) is 5.73 Å². The molecule has 3 aromatic rings. The number of rotatable bonds is 3. The maximum atomic E-state index is 6.22. The van der Waals surface area contributed by atoms with Crippen LogP contribution in [0.4, 0.5) is 5.82 Å². The van der Waals surface area contributed by atoms with E-state index in [0.29, 0.717) is 5.82 Å². The highest BCUT2D eigenvalue weighted by molar-refractivity contribution is 5.71. The van der Waals surface area contributed by atoms with Gasteiger partial charge in [-0.25, -0.2) is 4.98 Å². The number of hydrogen-bond donors (Lipinski definition) is 1. The van der Waals surface area contributed by atoms with E-state index in [9.17, 15) is 0 Å². The minimum atomic E-state index is 0.671. The van der Waals surface area contributed by atoms with Crippen LogP contribution in [0.15, 0.2) is 42.9 Å². The molecule has 20 heavy (non-hydrogen) atoms. The molecule has 5 nitrogen and oxygen atoms in total. The lowest BCUT2D eigenvalue weighted by Crippen LogP contribution is -2.03. The van der Waals surface area contributed by atoms with E-state index in [0.717, 1.165) is 23.5 Å². The third-order valence-corrected chi connectivity index (χ3v) is 3.34. The van der Waals surface area contributed by atoms with Gasteiger partial charge in [0.25, 0.3) is 0 Å². The molecule has 2 heterocycles. The van der Waals surface area contributed by atoms with Gasteiger partial charge >= 0.3 is 0 Å². The van der Waals surface area contributed by atoms with Crippen LogP contribution >= 0.6 is 0 Å². The van der Waals surface area contributed by atoms with Crippen molar-refractivity contribution in [2.24, 2.45) is 7.05 Å². The quantitative estimate of drug-likeness (QED) is 0.791. The Kier molecular flexibility index (Phi) is 3.02. The molecule has 0 aliphatic heterocycles. The number of nitrogens with two attached hydrogens (primary N) is 1. The highest BCUT2D eigenvalue weighted by Gasteiger charge is 2.14. The van der Waals surface area contributed by atoms with Crippen LogP contribution in [0.1, 0.15) is 11.3 Å². The second-order valence-electron chi connectivity index (χ2n) is 4.89. The normalized spacial score (nSPS) is 10.9. The second kappa shape index (κ2) is 4.85. The molecule has 0 radical (unpaired) electrons. The number of aromatic nitrogens is 4. The molecule has 0 aliphatic rings. The van der Waals surface area contributed by atoms with E-state index in [2.05, 4.69) is 22.2 Å². The lowest BCUT2D eigenvalue weighted by Gasteiger charge is -2.05. The molecule has 0 unspecified atom stereocenters. The van der Waals surface area contributed by atoms with Gasteiger partial charge in [0.15, 0.2) is 0 Å². The average molecular weight is 267 g/mol. The fourth-order valence-electron chi connectivity index (χ4n) is 2.34. The number of nitrogens with zero attached hydrogens (tertiary/aromatic N) is 4. The third-order valence-electron chi connectivity index (χ3n) is 3.34. The monoisotopic (exact) mass is 267 g/mol. The Hall–Kier alpha value is -2.56. The topological polar surface area (TPSA) is 61.7 Å². The van der Waals surface area contributed by atoms with Crippen molar-refractivity contribution in [3.63, 3.8) is 0 Å². The van der Waals surface area contributed by atoms with Crippen LogP contribution in [0.3, 0.4) is 0 Å². The summed E-state index contributed by atoms with van der Waals surface area (Å²) in [5.74, 6) is 0.671. The first kappa shape index (κ1) is 12.5. The van der Waals surface area contributed by atoms with E-state index in [1.165, 1.54) is 5.56 Å². The number of anilines is 1. The first-order chi connectivity index (χ1) is 9.65. The van der Waals surface area contributed by atoms with Crippen LogP contribution in [-0.2, 0) is 13.6 Å². The van der Waals surface area contributed by atoms with Gasteiger partial charge in [0.1, 0.15) is 11.5 Å². The van der Waals surface area contributed by atoms with Crippen LogP contribution < -0.4 is 5.73 Å². The van der Waals surface area contributed by atoms with E-state index >= 15 is 0 Å². The molecule has 0 bridgehead atoms. The Bertz CT molecular complexity index is 724. The molecule has 0 saturated carbocycles. The molecule has 0 aliphatic carbocycles. The predicted molar refractivity (Wildman–Crippen MR) is 79.1 cm³/mol. The van der Waals surface area contributed by atoms with Crippen molar-refractivity contribution in [1.82, 2.24) is 19.3 Å². The van der Waals surface area contributed by atoms with Crippen molar-refractivity contribution >= 4 is 5.82 Å². The summed E-state index contributed by atoms with van der Waals surface area (Å²) in [6.45, 7) is 2.68. The van der Waals surface area contributed by atoms with Gasteiger partial charge in [-0.05, 0) is 12.5 Å². The maximum absolute atomic E-state index is 6.22. The standard InChI is InChI=1S/C15H17N5/c1-11-13(9-19(2)18-11)14-15(16)20(10-17-14)8-12-6-4-3-5-7-12/h3-7,9-10H,8,16H2,1-2H3. The summed E-state index contributed by atoms with van der Waals surface area (Å²) in [7, 11) is 1.90. The molecule has 5 heteroatoms. The number of benzene rings is 1. The van der Waals surface area contributed by atoms with Gasteiger partial charge in [-0.15, -0.1) is 0 Å². The lowest BCUT2D eigenvalue weighted by atomic mass is 10.2. The van der Waals surface area contributed by atoms with Crippen molar-refractivity contribution in [2.45, 2.75) is 13.5 Å². The first-order valence-corrected chi connectivity index (χ1v) is 6.50. The summed E-state index contributed by atoms with van der Waals surface area (Å²) in [6, 6.07) is 10.2. The van der Waals surface area contributed by atoms with Crippen LogP contribution in [0, 0.1) is 6.92 Å². The molecule has 0 spiro atoms. The van der Waals surface area contributed by atoms with Gasteiger partial charge < -0.3 is 10.3 Å². The zero-order valence-corrected chi connectivity index (χ0v) is 11.6. The Balaban J connectivity index is 1.95. The third kappa shape index (κ3) is 2.18. The molecule has 0 saturated heterocycles. The fraction of sp³-hybridized carbons (Fsp3) is 0.200. The Morgan fingerprint density at radius 3 is 2.60 bits per heavy atom. The highest BCUT2D eigenvalue weighted by Crippen LogP contribution is 2.26. The van der Waals surface area contributed by atoms with Gasteiger partial charge in [-0.1, -0.05) is 30.3 Å². The Morgan fingerprint density at radius 2 is 1.95 bits per heavy atom. The summed E-state index contributed by atoms with van der Waals surface area (Å²) in [5.41, 5.74) is 10.1. The summed E-state index contributed by atoms with van der Waals surface area (Å²) >= 11 is 0. The average Bonchev–Trinajstić information content (AvgIpc) is 2.94. The van der Waals surface area contributed by atoms with E-state index in [4.69, 9.17) is 5.73 Å². The molecule has 102 valence electrons. The van der Waals surface area contributed by atoms with Crippen LogP contribution in [0.5, 0.6) is 0 Å². The van der Waals surface area contributed by atoms with E-state index in [-0.39, 0.29) is 0 Å². The van der Waals surface area contributed by atoms with Crippen molar-refractivity contribution in [3.8, 4) is 11.3 Å². The molecular formula is C15H17N5. The number of nitrogen functional groups attached to an aromatic ring is 1. The summed E-state index contributed by atoms with van der Waals surface area (Å²) in [4.78, 5) is 4.44. The zero-order chi connectivity index (χ0) is 14.1. The molecule has 2 aromatic heterocycles. The Labute approximate surface area is 117 Å². The molecule has 0 amide bonds. The SMILES string of the molecule is Cc1nn(C)cc1-c1ncn(Cc2ccccc2)c1N. The Morgan fingerprint density at radius 1 is 1.20 bits per heavy atom. The number of imidazole rings is 1. The highest BCUT2D eigenvalue weighted by atomic mass is 15.3. The smallest absolute Gasteiger partial charge is 0.131 e. The van der Waals surface area contributed by atoms with Gasteiger partial charge in [-0.3, -0.25) is 4.68 Å². The van der Waals surface area contributed by atoms with Gasteiger partial charge in [-0.2, -0.15) is 5.10 Å². The van der Waals surface area contributed by atoms with Crippen LogP contribution in [0.2, 0.25) is 0 Å². The van der Waals surface area contributed by atoms with Gasteiger partial charge in [0, 0.05) is 18.8 Å². The molecule has 0 fully saturated rings. The zero-order valence-electron chi connectivity index (χ0n) is 11.6.